The van der Waals surface area contributed by atoms with Crippen LogP contribution in [0.2, 0.25) is 10.0 Å². The Hall–Kier alpha value is -2.35. The highest BCUT2D eigenvalue weighted by Crippen LogP contribution is 2.27. The highest BCUT2D eigenvalue weighted by molar-refractivity contribution is 7.92. The summed E-state index contributed by atoms with van der Waals surface area (Å²) in [4.78, 5) is 22.1. The van der Waals surface area contributed by atoms with Gasteiger partial charge in [0.1, 0.15) is 10.7 Å². The lowest BCUT2D eigenvalue weighted by Crippen LogP contribution is -2.13. The largest absolute Gasteiger partial charge is 0.507 e. The Kier molecular flexibility index (Phi) is 6.07. The third kappa shape index (κ3) is 4.85. The van der Waals surface area contributed by atoms with E-state index in [0.29, 0.717) is 0 Å². The standard InChI is InChI=1S/C17H13Cl2NO5S/c1-10(21)15(22)9-16(23)11-3-2-4-13(7-11)20-26(24,25)17-8-12(18)5-6-14(17)19/h2-9,20,23H,1H3. The number of hydrogen-bond acceptors (Lipinski definition) is 5. The quantitative estimate of drug-likeness (QED) is 0.425. The number of carbonyl (C=O) groups excluding carboxylic acids is 2. The number of benzene rings is 2. The molecule has 0 amide bonds. The number of aliphatic hydroxyl groups excluding tert-OH is 1. The van der Waals surface area contributed by atoms with E-state index in [1.54, 1.807) is 0 Å². The molecule has 0 heterocycles. The molecule has 26 heavy (non-hydrogen) atoms. The molecule has 0 bridgehead atoms. The molecule has 136 valence electrons. The molecule has 2 rings (SSSR count). The van der Waals surface area contributed by atoms with Crippen molar-refractivity contribution < 1.29 is 23.1 Å². The molecule has 6 nitrogen and oxygen atoms in total. The van der Waals surface area contributed by atoms with E-state index in [2.05, 4.69) is 4.72 Å². The monoisotopic (exact) mass is 413 g/mol. The van der Waals surface area contributed by atoms with Gasteiger partial charge in [-0.25, -0.2) is 8.42 Å². The number of carbonyl (C=O) groups is 2. The molecule has 0 fully saturated rings. The minimum Gasteiger partial charge on any atom is -0.507 e. The van der Waals surface area contributed by atoms with Gasteiger partial charge < -0.3 is 5.11 Å². The lowest BCUT2D eigenvalue weighted by Gasteiger charge is -2.11. The van der Waals surface area contributed by atoms with Crippen LogP contribution in [0.15, 0.2) is 53.4 Å². The van der Waals surface area contributed by atoms with Crippen LogP contribution in [0, 0.1) is 0 Å². The summed E-state index contributed by atoms with van der Waals surface area (Å²) in [5.41, 5.74) is 0.269. The molecule has 0 radical (unpaired) electrons. The Morgan fingerprint density at radius 3 is 2.46 bits per heavy atom. The first-order valence-corrected chi connectivity index (χ1v) is 9.38. The van der Waals surface area contributed by atoms with E-state index >= 15 is 0 Å². The van der Waals surface area contributed by atoms with Crippen LogP contribution >= 0.6 is 23.2 Å². The first-order valence-electron chi connectivity index (χ1n) is 7.14. The summed E-state index contributed by atoms with van der Waals surface area (Å²) in [7, 11) is -4.03. The SMILES string of the molecule is CC(=O)C(=O)C=C(O)c1cccc(NS(=O)(=O)c2cc(Cl)ccc2Cl)c1. The Bertz CT molecular complexity index is 1020. The number of nitrogens with one attached hydrogen (secondary N) is 1. The van der Waals surface area contributed by atoms with Crippen LogP contribution in [0.3, 0.4) is 0 Å². The van der Waals surface area contributed by atoms with Gasteiger partial charge in [-0.2, -0.15) is 0 Å². The number of Topliss-reactive ketones (excluding diaryl/α,β-unsaturated/α-hetero) is 1. The first-order chi connectivity index (χ1) is 12.1. The number of hydrogen-bond donors (Lipinski definition) is 2. The average molecular weight is 414 g/mol. The van der Waals surface area contributed by atoms with Crippen molar-refractivity contribution in [2.24, 2.45) is 0 Å². The van der Waals surface area contributed by atoms with Gasteiger partial charge in [-0.1, -0.05) is 35.3 Å². The van der Waals surface area contributed by atoms with Crippen molar-refractivity contribution >= 4 is 56.2 Å². The van der Waals surface area contributed by atoms with Gasteiger partial charge >= 0.3 is 0 Å². The van der Waals surface area contributed by atoms with E-state index in [0.717, 1.165) is 13.0 Å². The number of anilines is 1. The summed E-state index contributed by atoms with van der Waals surface area (Å²) in [6.45, 7) is 1.07. The third-order valence-electron chi connectivity index (χ3n) is 3.21. The van der Waals surface area contributed by atoms with Crippen LogP contribution in [0.1, 0.15) is 12.5 Å². The van der Waals surface area contributed by atoms with E-state index in [1.165, 1.54) is 42.5 Å². The molecule has 0 aliphatic heterocycles. The minimum atomic E-state index is -4.03. The molecule has 9 heteroatoms. The summed E-state index contributed by atoms with van der Waals surface area (Å²) in [6, 6.07) is 9.68. The number of halogens is 2. The maximum Gasteiger partial charge on any atom is 0.263 e. The Labute approximate surface area is 160 Å². The van der Waals surface area contributed by atoms with Gasteiger partial charge in [0.05, 0.1) is 5.02 Å². The summed E-state index contributed by atoms with van der Waals surface area (Å²) < 4.78 is 27.3. The van der Waals surface area contributed by atoms with E-state index in [9.17, 15) is 23.1 Å². The van der Waals surface area contributed by atoms with Crippen LogP contribution < -0.4 is 4.72 Å². The van der Waals surface area contributed by atoms with E-state index in [-0.39, 0.29) is 26.2 Å². The molecular formula is C17H13Cl2NO5S. The Morgan fingerprint density at radius 2 is 1.81 bits per heavy atom. The van der Waals surface area contributed by atoms with E-state index < -0.39 is 27.3 Å². The number of aliphatic hydroxyl groups is 1. The van der Waals surface area contributed by atoms with Crippen molar-refractivity contribution in [3.05, 3.63) is 64.1 Å². The van der Waals surface area contributed by atoms with Crippen molar-refractivity contribution in [3.8, 4) is 0 Å². The van der Waals surface area contributed by atoms with Crippen molar-refractivity contribution in [2.75, 3.05) is 4.72 Å². The predicted octanol–water partition coefficient (Wildman–Crippen LogP) is 3.85. The minimum absolute atomic E-state index is 0.00662. The van der Waals surface area contributed by atoms with Gasteiger partial charge in [-0.3, -0.25) is 14.3 Å². The van der Waals surface area contributed by atoms with E-state index in [4.69, 9.17) is 23.2 Å². The van der Waals surface area contributed by atoms with Crippen LogP contribution in [0.5, 0.6) is 0 Å². The van der Waals surface area contributed by atoms with Crippen molar-refractivity contribution in [3.63, 3.8) is 0 Å². The second-order valence-electron chi connectivity index (χ2n) is 5.21. The average Bonchev–Trinajstić information content (AvgIpc) is 2.56. The number of sulfonamides is 1. The molecule has 2 aromatic carbocycles. The zero-order valence-electron chi connectivity index (χ0n) is 13.4. The zero-order chi connectivity index (χ0) is 19.5. The normalized spacial score (nSPS) is 11.9. The zero-order valence-corrected chi connectivity index (χ0v) is 15.7. The smallest absolute Gasteiger partial charge is 0.263 e. The molecule has 0 aliphatic rings. The second kappa shape index (κ2) is 7.90. The van der Waals surface area contributed by atoms with Gasteiger partial charge in [-0.15, -0.1) is 0 Å². The van der Waals surface area contributed by atoms with Gasteiger partial charge in [0.2, 0.25) is 5.78 Å². The molecule has 0 saturated heterocycles. The predicted molar refractivity (Wildman–Crippen MR) is 100 cm³/mol. The molecule has 0 aromatic heterocycles. The number of rotatable bonds is 6. The molecule has 0 spiro atoms. The van der Waals surface area contributed by atoms with Crippen LogP contribution in [-0.2, 0) is 19.6 Å². The third-order valence-corrected chi connectivity index (χ3v) is 5.31. The summed E-state index contributed by atoms with van der Waals surface area (Å²) in [5, 5.41) is 10.1. The molecule has 2 aromatic rings. The van der Waals surface area contributed by atoms with Gasteiger partial charge in [0, 0.05) is 29.3 Å². The van der Waals surface area contributed by atoms with Gasteiger partial charge in [0.25, 0.3) is 10.0 Å². The van der Waals surface area contributed by atoms with Crippen molar-refractivity contribution in [1.29, 1.82) is 0 Å². The van der Waals surface area contributed by atoms with Crippen LogP contribution in [-0.4, -0.2) is 25.1 Å². The maximum atomic E-state index is 12.5. The molecule has 0 atom stereocenters. The van der Waals surface area contributed by atoms with Gasteiger partial charge in [0.15, 0.2) is 5.78 Å². The maximum absolute atomic E-state index is 12.5. The first kappa shape index (κ1) is 20.0. The van der Waals surface area contributed by atoms with Crippen LogP contribution in [0.4, 0.5) is 5.69 Å². The lowest BCUT2D eigenvalue weighted by atomic mass is 10.1. The number of ketones is 2. The number of allylic oxidation sites excluding steroid dienone is 1. The van der Waals surface area contributed by atoms with E-state index in [1.807, 2.05) is 0 Å². The van der Waals surface area contributed by atoms with Crippen molar-refractivity contribution in [2.45, 2.75) is 11.8 Å². The molecule has 0 saturated carbocycles. The summed E-state index contributed by atoms with van der Waals surface area (Å²) >= 11 is 11.7. The summed E-state index contributed by atoms with van der Waals surface area (Å²) in [6.07, 6.45) is 0.768. The fraction of sp³-hybridized carbons (Fsp3) is 0.0588. The Balaban J connectivity index is 2.35. The fourth-order valence-corrected chi connectivity index (χ4v) is 3.76. The summed E-state index contributed by atoms with van der Waals surface area (Å²) in [5.74, 6) is -2.07. The topological polar surface area (TPSA) is 101 Å². The second-order valence-corrected chi connectivity index (χ2v) is 7.71. The fourth-order valence-electron chi connectivity index (χ4n) is 1.94. The highest BCUT2D eigenvalue weighted by atomic mass is 35.5. The van der Waals surface area contributed by atoms with Crippen LogP contribution in [0.25, 0.3) is 5.76 Å². The molecule has 2 N–H and O–H groups in total. The molecule has 0 unspecified atom stereocenters. The molecule has 0 aliphatic carbocycles. The van der Waals surface area contributed by atoms with Crippen molar-refractivity contribution in [1.82, 2.24) is 0 Å². The Morgan fingerprint density at radius 1 is 1.12 bits per heavy atom. The highest BCUT2D eigenvalue weighted by Gasteiger charge is 2.19. The van der Waals surface area contributed by atoms with Gasteiger partial charge in [-0.05, 0) is 30.3 Å². The molecular weight excluding hydrogens is 401 g/mol. The lowest BCUT2D eigenvalue weighted by molar-refractivity contribution is -0.132.